The van der Waals surface area contributed by atoms with Gasteiger partial charge in [0.2, 0.25) is 0 Å². The van der Waals surface area contributed by atoms with Crippen LogP contribution in [0.1, 0.15) is 19.1 Å². The molecule has 0 unspecified atom stereocenters. The molecule has 0 aliphatic carbocycles. The molecule has 0 saturated carbocycles. The maximum absolute atomic E-state index is 12.1. The van der Waals surface area contributed by atoms with Crippen LogP contribution in [0.15, 0.2) is 17.1 Å². The van der Waals surface area contributed by atoms with Crippen LogP contribution in [-0.4, -0.2) is 62.9 Å². The highest BCUT2D eigenvalue weighted by Crippen LogP contribution is 2.28. The van der Waals surface area contributed by atoms with Crippen LogP contribution in [0.3, 0.4) is 0 Å². The Bertz CT molecular complexity index is 557. The summed E-state index contributed by atoms with van der Waals surface area (Å²) >= 11 is 0. The van der Waals surface area contributed by atoms with Gasteiger partial charge in [0.1, 0.15) is 24.1 Å². The van der Waals surface area contributed by atoms with Gasteiger partial charge in [-0.05, 0) is 18.9 Å². The quantitative estimate of drug-likeness (QED) is 0.620. The normalized spacial score (nSPS) is 32.8. The number of anilines is 1. The van der Waals surface area contributed by atoms with Crippen LogP contribution in [-0.2, 0) is 4.74 Å². The molecule has 0 aromatic carbocycles. The molecule has 1 aromatic heterocycles. The predicted molar refractivity (Wildman–Crippen MR) is 73.0 cm³/mol. The monoisotopic (exact) mass is 297 g/mol. The number of aromatic nitrogens is 2. The van der Waals surface area contributed by atoms with Crippen LogP contribution in [0.25, 0.3) is 0 Å². The van der Waals surface area contributed by atoms with Crippen molar-refractivity contribution in [1.82, 2.24) is 9.55 Å². The van der Waals surface area contributed by atoms with Gasteiger partial charge >= 0.3 is 5.69 Å². The van der Waals surface area contributed by atoms with Gasteiger partial charge in [0.15, 0.2) is 6.23 Å². The molecule has 3 rings (SSSR count). The third kappa shape index (κ3) is 2.55. The fourth-order valence-corrected chi connectivity index (χ4v) is 2.83. The molecule has 2 saturated heterocycles. The molecule has 1 aromatic rings. The average Bonchev–Trinajstić information content (AvgIpc) is 3.10. The van der Waals surface area contributed by atoms with Gasteiger partial charge < -0.3 is 25.0 Å². The summed E-state index contributed by atoms with van der Waals surface area (Å²) in [4.78, 5) is 18.2. The van der Waals surface area contributed by atoms with E-state index in [4.69, 9.17) is 9.84 Å². The Morgan fingerprint density at radius 3 is 2.57 bits per heavy atom. The largest absolute Gasteiger partial charge is 0.394 e. The zero-order valence-electron chi connectivity index (χ0n) is 11.5. The average molecular weight is 297 g/mol. The summed E-state index contributed by atoms with van der Waals surface area (Å²) in [7, 11) is 0. The van der Waals surface area contributed by atoms with Crippen molar-refractivity contribution in [2.45, 2.75) is 37.4 Å². The number of hydrogen-bond donors (Lipinski definition) is 3. The summed E-state index contributed by atoms with van der Waals surface area (Å²) in [6.07, 6.45) is -0.785. The zero-order chi connectivity index (χ0) is 15.0. The van der Waals surface area contributed by atoms with E-state index < -0.39 is 36.8 Å². The molecular weight excluding hydrogens is 278 g/mol. The Morgan fingerprint density at radius 1 is 1.29 bits per heavy atom. The summed E-state index contributed by atoms with van der Waals surface area (Å²) < 4.78 is 6.47. The highest BCUT2D eigenvalue weighted by molar-refractivity contribution is 5.37. The van der Waals surface area contributed by atoms with E-state index in [2.05, 4.69) is 4.98 Å². The van der Waals surface area contributed by atoms with E-state index in [1.54, 1.807) is 6.07 Å². The number of nitrogens with zero attached hydrogens (tertiary/aromatic N) is 3. The Labute approximate surface area is 121 Å². The van der Waals surface area contributed by atoms with Gasteiger partial charge in [-0.1, -0.05) is 0 Å². The van der Waals surface area contributed by atoms with Gasteiger partial charge in [0, 0.05) is 19.3 Å². The first-order chi connectivity index (χ1) is 10.1. The van der Waals surface area contributed by atoms with E-state index in [-0.39, 0.29) is 0 Å². The highest BCUT2D eigenvalue weighted by atomic mass is 16.6. The van der Waals surface area contributed by atoms with Crippen LogP contribution < -0.4 is 10.6 Å². The molecule has 0 radical (unpaired) electrons. The van der Waals surface area contributed by atoms with E-state index in [9.17, 15) is 15.0 Å². The van der Waals surface area contributed by atoms with E-state index in [0.29, 0.717) is 5.82 Å². The number of aliphatic hydroxyl groups excluding tert-OH is 3. The molecule has 0 bridgehead atoms. The second-order valence-corrected chi connectivity index (χ2v) is 5.40. The lowest BCUT2D eigenvalue weighted by Gasteiger charge is -2.20. The van der Waals surface area contributed by atoms with Crippen molar-refractivity contribution >= 4 is 5.82 Å². The Hall–Kier alpha value is -1.48. The molecule has 2 aliphatic rings. The van der Waals surface area contributed by atoms with Crippen LogP contribution in [0, 0.1) is 0 Å². The summed E-state index contributed by atoms with van der Waals surface area (Å²) in [5.74, 6) is 0.612. The van der Waals surface area contributed by atoms with Crippen LogP contribution >= 0.6 is 0 Å². The fraction of sp³-hybridized carbons (Fsp3) is 0.692. The topological polar surface area (TPSA) is 108 Å². The number of aliphatic hydroxyl groups is 3. The van der Waals surface area contributed by atoms with E-state index in [1.807, 2.05) is 4.90 Å². The van der Waals surface area contributed by atoms with Gasteiger partial charge in [-0.3, -0.25) is 4.57 Å². The fourth-order valence-electron chi connectivity index (χ4n) is 2.83. The minimum absolute atomic E-state index is 0.428. The third-order valence-corrected chi connectivity index (χ3v) is 4.04. The van der Waals surface area contributed by atoms with Crippen molar-refractivity contribution in [2.24, 2.45) is 0 Å². The van der Waals surface area contributed by atoms with Crippen molar-refractivity contribution in [2.75, 3.05) is 24.6 Å². The number of ether oxygens (including phenoxy) is 1. The van der Waals surface area contributed by atoms with Crippen molar-refractivity contribution in [3.05, 3.63) is 22.7 Å². The lowest BCUT2D eigenvalue weighted by molar-refractivity contribution is -0.0549. The molecule has 21 heavy (non-hydrogen) atoms. The van der Waals surface area contributed by atoms with Gasteiger partial charge in [-0.25, -0.2) is 4.79 Å². The van der Waals surface area contributed by atoms with Crippen molar-refractivity contribution < 1.29 is 20.1 Å². The molecule has 8 heteroatoms. The molecule has 3 heterocycles. The van der Waals surface area contributed by atoms with Gasteiger partial charge in [0.25, 0.3) is 0 Å². The summed E-state index contributed by atoms with van der Waals surface area (Å²) in [5.41, 5.74) is -0.547. The van der Waals surface area contributed by atoms with Crippen molar-refractivity contribution in [3.63, 3.8) is 0 Å². The molecule has 0 amide bonds. The number of hydrogen-bond acceptors (Lipinski definition) is 7. The molecule has 0 spiro atoms. The molecule has 116 valence electrons. The van der Waals surface area contributed by atoms with Crippen LogP contribution in [0.2, 0.25) is 0 Å². The molecule has 2 fully saturated rings. The second-order valence-electron chi connectivity index (χ2n) is 5.40. The maximum atomic E-state index is 12.1. The summed E-state index contributed by atoms with van der Waals surface area (Å²) in [5, 5.41) is 28.7. The van der Waals surface area contributed by atoms with Crippen molar-refractivity contribution in [3.8, 4) is 0 Å². The molecule has 3 N–H and O–H groups in total. The van der Waals surface area contributed by atoms with Crippen LogP contribution in [0.5, 0.6) is 0 Å². The van der Waals surface area contributed by atoms with Gasteiger partial charge in [-0.2, -0.15) is 4.98 Å². The minimum Gasteiger partial charge on any atom is -0.394 e. The molecule has 2 aliphatic heterocycles. The van der Waals surface area contributed by atoms with Crippen LogP contribution in [0.4, 0.5) is 5.82 Å². The van der Waals surface area contributed by atoms with E-state index in [0.717, 1.165) is 30.5 Å². The Kier molecular flexibility index (Phi) is 3.94. The highest BCUT2D eigenvalue weighted by Gasteiger charge is 2.43. The lowest BCUT2D eigenvalue weighted by atomic mass is 10.1. The van der Waals surface area contributed by atoms with Gasteiger partial charge in [0.05, 0.1) is 6.61 Å². The Morgan fingerprint density at radius 2 is 2.00 bits per heavy atom. The predicted octanol–water partition coefficient (Wildman–Crippen LogP) is -1.54. The SMILES string of the molecule is O=c1nc(N2CCCC2)ccn1[C@H]1O[C@@H](CO)[C@@H](O)[C@@H]1O. The number of rotatable bonds is 3. The first kappa shape index (κ1) is 14.5. The first-order valence-corrected chi connectivity index (χ1v) is 7.08. The molecular formula is C13H19N3O5. The molecule has 8 nitrogen and oxygen atoms in total. The van der Waals surface area contributed by atoms with Gasteiger partial charge in [-0.15, -0.1) is 0 Å². The maximum Gasteiger partial charge on any atom is 0.351 e. The standard InChI is InChI=1S/C13H19N3O5/c17-7-8-10(18)11(19)12(21-8)16-6-3-9(14-13(16)20)15-4-1-2-5-15/h3,6,8,10-12,17-19H,1-2,4-5,7H2/t8-,10+,11-,12-/m0/s1. The lowest BCUT2D eigenvalue weighted by Crippen LogP contribution is -2.36. The van der Waals surface area contributed by atoms with E-state index >= 15 is 0 Å². The first-order valence-electron chi connectivity index (χ1n) is 7.08. The second kappa shape index (κ2) is 5.72. The summed E-state index contributed by atoms with van der Waals surface area (Å²) in [6, 6.07) is 1.70. The minimum atomic E-state index is -1.28. The Balaban J connectivity index is 1.84. The van der Waals surface area contributed by atoms with Crippen molar-refractivity contribution in [1.29, 1.82) is 0 Å². The molecule has 4 atom stereocenters. The zero-order valence-corrected chi connectivity index (χ0v) is 11.5. The summed E-state index contributed by atoms with van der Waals surface area (Å²) in [6.45, 7) is 1.33. The smallest absolute Gasteiger partial charge is 0.351 e. The third-order valence-electron chi connectivity index (χ3n) is 4.04. The van der Waals surface area contributed by atoms with E-state index in [1.165, 1.54) is 6.20 Å².